The number of hydrogen-bond acceptors (Lipinski definition) is 4. The zero-order chi connectivity index (χ0) is 18.2. The van der Waals surface area contributed by atoms with E-state index in [0.717, 1.165) is 12.8 Å². The SMILES string of the molecule is Cn1ccnc1[C@@H]1[C@@H](C(=O)NCC(F)(F)CO)CCC(=O)N1C1CC1. The molecule has 0 aromatic carbocycles. The van der Waals surface area contributed by atoms with Gasteiger partial charge in [0.1, 0.15) is 18.5 Å². The van der Waals surface area contributed by atoms with Crippen LogP contribution in [0.5, 0.6) is 0 Å². The van der Waals surface area contributed by atoms with E-state index in [2.05, 4.69) is 10.3 Å². The number of hydrogen-bond donors (Lipinski definition) is 2. The first-order valence-electron chi connectivity index (χ1n) is 8.39. The Morgan fingerprint density at radius 3 is 2.72 bits per heavy atom. The number of aromatic nitrogens is 2. The van der Waals surface area contributed by atoms with Crippen molar-refractivity contribution in [2.75, 3.05) is 13.2 Å². The molecule has 2 atom stereocenters. The van der Waals surface area contributed by atoms with Gasteiger partial charge in [0.2, 0.25) is 11.8 Å². The maximum absolute atomic E-state index is 13.2. The van der Waals surface area contributed by atoms with Crippen LogP contribution in [0.2, 0.25) is 0 Å². The van der Waals surface area contributed by atoms with Crippen LogP contribution in [0.3, 0.4) is 0 Å². The molecule has 2 fully saturated rings. The summed E-state index contributed by atoms with van der Waals surface area (Å²) in [4.78, 5) is 31.0. The highest BCUT2D eigenvalue weighted by Crippen LogP contribution is 2.43. The Morgan fingerprint density at radius 1 is 1.44 bits per heavy atom. The number of nitrogens with one attached hydrogen (secondary N) is 1. The topological polar surface area (TPSA) is 87.5 Å². The van der Waals surface area contributed by atoms with E-state index < -0.39 is 36.9 Å². The van der Waals surface area contributed by atoms with Crippen molar-refractivity contribution in [2.45, 2.75) is 43.7 Å². The molecule has 0 radical (unpaired) electrons. The highest BCUT2D eigenvalue weighted by atomic mass is 19.3. The molecule has 2 aliphatic rings. The Morgan fingerprint density at radius 2 is 2.16 bits per heavy atom. The molecule has 2 heterocycles. The highest BCUT2D eigenvalue weighted by molar-refractivity contribution is 5.85. The number of carbonyl (C=O) groups is 2. The quantitative estimate of drug-likeness (QED) is 0.782. The van der Waals surface area contributed by atoms with Crippen LogP contribution >= 0.6 is 0 Å². The van der Waals surface area contributed by atoms with E-state index in [4.69, 9.17) is 5.11 Å². The molecule has 138 valence electrons. The van der Waals surface area contributed by atoms with Crippen molar-refractivity contribution in [2.24, 2.45) is 13.0 Å². The summed E-state index contributed by atoms with van der Waals surface area (Å²) in [6.45, 7) is -2.25. The molecular formula is C16H22F2N4O3. The van der Waals surface area contributed by atoms with E-state index in [0.29, 0.717) is 5.82 Å². The monoisotopic (exact) mass is 356 g/mol. The van der Waals surface area contributed by atoms with Crippen LogP contribution in [0, 0.1) is 5.92 Å². The molecule has 9 heteroatoms. The van der Waals surface area contributed by atoms with Crippen molar-refractivity contribution in [3.05, 3.63) is 18.2 Å². The minimum Gasteiger partial charge on any atom is -0.390 e. The zero-order valence-electron chi connectivity index (χ0n) is 14.0. The van der Waals surface area contributed by atoms with Crippen LogP contribution in [0.1, 0.15) is 37.5 Å². The number of aryl methyl sites for hydroxylation is 1. The molecule has 3 rings (SSSR count). The summed E-state index contributed by atoms with van der Waals surface area (Å²) in [6.07, 6.45) is 5.58. The first-order valence-corrected chi connectivity index (χ1v) is 8.39. The number of aliphatic hydroxyl groups excluding tert-OH is 1. The molecule has 1 saturated heterocycles. The van der Waals surface area contributed by atoms with Crippen molar-refractivity contribution in [3.8, 4) is 0 Å². The van der Waals surface area contributed by atoms with Gasteiger partial charge in [-0.3, -0.25) is 9.59 Å². The van der Waals surface area contributed by atoms with Crippen molar-refractivity contribution in [1.82, 2.24) is 19.8 Å². The number of nitrogens with zero attached hydrogens (tertiary/aromatic N) is 3. The third-order valence-electron chi connectivity index (χ3n) is 4.79. The van der Waals surface area contributed by atoms with Gasteiger partial charge < -0.3 is 19.9 Å². The zero-order valence-corrected chi connectivity index (χ0v) is 14.0. The second kappa shape index (κ2) is 6.70. The van der Waals surface area contributed by atoms with Gasteiger partial charge in [-0.2, -0.15) is 0 Å². The van der Waals surface area contributed by atoms with E-state index in [1.165, 1.54) is 0 Å². The largest absolute Gasteiger partial charge is 0.390 e. The summed E-state index contributed by atoms with van der Waals surface area (Å²) in [5.41, 5.74) is 0. The summed E-state index contributed by atoms with van der Waals surface area (Å²) in [6, 6.07) is -0.472. The first-order chi connectivity index (χ1) is 11.8. The summed E-state index contributed by atoms with van der Waals surface area (Å²) < 4.78 is 28.2. The van der Waals surface area contributed by atoms with Gasteiger partial charge in [0.05, 0.1) is 12.5 Å². The molecule has 1 aliphatic heterocycles. The Kier molecular flexibility index (Phi) is 4.77. The Bertz CT molecular complexity index is 660. The number of aliphatic hydroxyl groups is 1. The van der Waals surface area contributed by atoms with Crippen molar-refractivity contribution in [3.63, 3.8) is 0 Å². The number of piperidine rings is 1. The summed E-state index contributed by atoms with van der Waals surface area (Å²) in [5, 5.41) is 10.9. The van der Waals surface area contributed by atoms with Crippen molar-refractivity contribution >= 4 is 11.8 Å². The Hall–Kier alpha value is -2.03. The lowest BCUT2D eigenvalue weighted by Gasteiger charge is -2.40. The first kappa shape index (κ1) is 17.8. The maximum Gasteiger partial charge on any atom is 0.287 e. The average Bonchev–Trinajstić information content (AvgIpc) is 3.33. The molecule has 7 nitrogen and oxygen atoms in total. The number of rotatable bonds is 6. The lowest BCUT2D eigenvalue weighted by molar-refractivity contribution is -0.145. The number of imidazole rings is 1. The molecule has 2 N–H and O–H groups in total. The van der Waals surface area contributed by atoms with E-state index in [9.17, 15) is 18.4 Å². The van der Waals surface area contributed by atoms with Crippen LogP contribution < -0.4 is 5.32 Å². The highest BCUT2D eigenvalue weighted by Gasteiger charge is 2.48. The number of likely N-dealkylation sites (tertiary alicyclic amines) is 1. The minimum absolute atomic E-state index is 0.0276. The van der Waals surface area contributed by atoms with Crippen LogP contribution in [0.15, 0.2) is 12.4 Å². The lowest BCUT2D eigenvalue weighted by atomic mass is 9.86. The molecule has 2 amide bonds. The number of halogens is 2. The van der Waals surface area contributed by atoms with Gasteiger partial charge in [0.15, 0.2) is 0 Å². The lowest BCUT2D eigenvalue weighted by Crippen LogP contribution is -2.51. The molecule has 0 unspecified atom stereocenters. The summed E-state index contributed by atoms with van der Waals surface area (Å²) in [5.74, 6) is -4.00. The third kappa shape index (κ3) is 3.65. The van der Waals surface area contributed by atoms with Gasteiger partial charge >= 0.3 is 0 Å². The second-order valence-corrected chi connectivity index (χ2v) is 6.75. The Labute approximate surface area is 144 Å². The molecule has 25 heavy (non-hydrogen) atoms. The van der Waals surface area contributed by atoms with Crippen molar-refractivity contribution in [1.29, 1.82) is 0 Å². The standard InChI is InChI=1S/C16H22F2N4O3/c1-21-7-6-19-14(21)13-11(15(25)20-8-16(17,18)9-23)4-5-12(24)22(13)10-2-3-10/h6-7,10-11,13,23H,2-5,8-9H2,1H3,(H,20,25)/t11-,13-/m0/s1. The van der Waals surface area contributed by atoms with Gasteiger partial charge in [0, 0.05) is 31.9 Å². The van der Waals surface area contributed by atoms with E-state index >= 15 is 0 Å². The third-order valence-corrected chi connectivity index (χ3v) is 4.79. The van der Waals surface area contributed by atoms with Gasteiger partial charge in [-0.15, -0.1) is 0 Å². The maximum atomic E-state index is 13.2. The Balaban J connectivity index is 1.84. The van der Waals surface area contributed by atoms with E-state index in [1.807, 2.05) is 0 Å². The predicted octanol–water partition coefficient (Wildman–Crippen LogP) is 0.606. The summed E-state index contributed by atoms with van der Waals surface area (Å²) >= 11 is 0. The van der Waals surface area contributed by atoms with Crippen LogP contribution in [-0.4, -0.2) is 56.5 Å². The molecule has 1 aromatic heterocycles. The molecule has 1 aromatic rings. The normalized spacial score (nSPS) is 24.5. The second-order valence-electron chi connectivity index (χ2n) is 6.75. The summed E-state index contributed by atoms with van der Waals surface area (Å²) in [7, 11) is 1.78. The van der Waals surface area contributed by atoms with Crippen molar-refractivity contribution < 1.29 is 23.5 Å². The molecule has 0 bridgehead atoms. The van der Waals surface area contributed by atoms with Crippen LogP contribution in [0.25, 0.3) is 0 Å². The fourth-order valence-electron chi connectivity index (χ4n) is 3.34. The van der Waals surface area contributed by atoms with Gasteiger partial charge in [-0.25, -0.2) is 13.8 Å². The fraction of sp³-hybridized carbons (Fsp3) is 0.688. The fourth-order valence-corrected chi connectivity index (χ4v) is 3.34. The van der Waals surface area contributed by atoms with Gasteiger partial charge in [-0.05, 0) is 19.3 Å². The van der Waals surface area contributed by atoms with Gasteiger partial charge in [0.25, 0.3) is 5.92 Å². The van der Waals surface area contributed by atoms with E-state index in [1.54, 1.807) is 28.9 Å². The minimum atomic E-state index is -3.37. The molecule has 0 spiro atoms. The van der Waals surface area contributed by atoms with E-state index in [-0.39, 0.29) is 24.8 Å². The number of amides is 2. The van der Waals surface area contributed by atoms with Crippen LogP contribution in [-0.2, 0) is 16.6 Å². The number of alkyl halides is 2. The molecule has 1 aliphatic carbocycles. The van der Waals surface area contributed by atoms with Crippen LogP contribution in [0.4, 0.5) is 8.78 Å². The number of carbonyl (C=O) groups excluding carboxylic acids is 2. The molecular weight excluding hydrogens is 334 g/mol. The smallest absolute Gasteiger partial charge is 0.287 e. The molecule has 1 saturated carbocycles. The predicted molar refractivity (Wildman–Crippen MR) is 83.6 cm³/mol. The average molecular weight is 356 g/mol. The van der Waals surface area contributed by atoms with Gasteiger partial charge in [-0.1, -0.05) is 0 Å².